The van der Waals surface area contributed by atoms with E-state index < -0.39 is 22.8 Å². The van der Waals surface area contributed by atoms with Gasteiger partial charge >= 0.3 is 0 Å². The second kappa shape index (κ2) is 12.2. The standard InChI is InChI=1S/C24H28Cl2N6O4/c1-15(2)22(28-23(33)19-6-4-17(25)13-20(19)26)24(34)29-27-14-16-12-18(32(35)36)5-7-21(16)31-10-8-30(3)9-11-31/h4-7,12-15,22H,8-11H2,1-3H3,(H,28,33)(H,29,34). The molecule has 1 fully saturated rings. The van der Waals surface area contributed by atoms with Gasteiger partial charge in [-0.05, 0) is 37.2 Å². The van der Waals surface area contributed by atoms with Crippen LogP contribution in [0.25, 0.3) is 0 Å². The predicted molar refractivity (Wildman–Crippen MR) is 141 cm³/mol. The first-order valence-electron chi connectivity index (χ1n) is 11.4. The maximum Gasteiger partial charge on any atom is 0.270 e. The Morgan fingerprint density at radius 1 is 1.11 bits per heavy atom. The Kier molecular flexibility index (Phi) is 9.25. The van der Waals surface area contributed by atoms with E-state index in [0.717, 1.165) is 31.9 Å². The van der Waals surface area contributed by atoms with Crippen LogP contribution in [0.1, 0.15) is 29.8 Å². The Labute approximate surface area is 219 Å². The van der Waals surface area contributed by atoms with Crippen molar-refractivity contribution in [1.29, 1.82) is 0 Å². The molecule has 0 radical (unpaired) electrons. The summed E-state index contributed by atoms with van der Waals surface area (Å²) >= 11 is 12.0. The fraction of sp³-hybridized carbons (Fsp3) is 0.375. The number of amides is 2. The van der Waals surface area contributed by atoms with Gasteiger partial charge in [-0.3, -0.25) is 19.7 Å². The van der Waals surface area contributed by atoms with E-state index in [1.54, 1.807) is 19.9 Å². The highest BCUT2D eigenvalue weighted by Crippen LogP contribution is 2.25. The van der Waals surface area contributed by atoms with Crippen LogP contribution in [-0.2, 0) is 4.79 Å². The van der Waals surface area contributed by atoms with E-state index in [1.165, 1.54) is 36.5 Å². The summed E-state index contributed by atoms with van der Waals surface area (Å²) in [5, 5.41) is 18.6. The minimum atomic E-state index is -0.899. The number of benzene rings is 2. The van der Waals surface area contributed by atoms with Crippen molar-refractivity contribution in [3.63, 3.8) is 0 Å². The maximum absolute atomic E-state index is 12.9. The Balaban J connectivity index is 1.75. The van der Waals surface area contributed by atoms with Crippen LogP contribution in [0.4, 0.5) is 11.4 Å². The molecule has 1 aliphatic rings. The molecule has 192 valence electrons. The number of nitro benzene ring substituents is 1. The van der Waals surface area contributed by atoms with Gasteiger partial charge in [0.1, 0.15) is 6.04 Å². The van der Waals surface area contributed by atoms with Crippen molar-refractivity contribution >= 4 is 52.6 Å². The van der Waals surface area contributed by atoms with Crippen LogP contribution >= 0.6 is 23.2 Å². The lowest BCUT2D eigenvalue weighted by Crippen LogP contribution is -2.48. The number of non-ortho nitro benzene ring substituents is 1. The summed E-state index contributed by atoms with van der Waals surface area (Å²) in [5.41, 5.74) is 3.86. The van der Waals surface area contributed by atoms with Gasteiger partial charge in [0.05, 0.1) is 21.7 Å². The van der Waals surface area contributed by atoms with Gasteiger partial charge in [0.15, 0.2) is 0 Å². The third-order valence-corrected chi connectivity index (χ3v) is 6.40. The Morgan fingerprint density at radius 3 is 2.42 bits per heavy atom. The minimum absolute atomic E-state index is 0.0761. The summed E-state index contributed by atoms with van der Waals surface area (Å²) < 4.78 is 0. The lowest BCUT2D eigenvalue weighted by molar-refractivity contribution is -0.384. The second-order valence-electron chi connectivity index (χ2n) is 8.84. The molecule has 10 nitrogen and oxygen atoms in total. The highest BCUT2D eigenvalue weighted by molar-refractivity contribution is 6.36. The number of anilines is 1. The van der Waals surface area contributed by atoms with Crippen LogP contribution in [0.5, 0.6) is 0 Å². The van der Waals surface area contributed by atoms with Gasteiger partial charge in [0.2, 0.25) is 0 Å². The Morgan fingerprint density at radius 2 is 1.81 bits per heavy atom. The molecule has 2 aromatic rings. The quantitative estimate of drug-likeness (QED) is 0.303. The number of hydrogen-bond acceptors (Lipinski definition) is 7. The third kappa shape index (κ3) is 6.93. The third-order valence-electron chi connectivity index (χ3n) is 5.86. The van der Waals surface area contributed by atoms with Crippen LogP contribution in [0.2, 0.25) is 10.0 Å². The molecule has 0 aliphatic carbocycles. The van der Waals surface area contributed by atoms with Crippen molar-refractivity contribution in [2.24, 2.45) is 11.0 Å². The normalized spacial score (nSPS) is 15.2. The molecule has 0 bridgehead atoms. The summed E-state index contributed by atoms with van der Waals surface area (Å²) in [6.45, 7) is 6.80. The number of likely N-dealkylation sites (N-methyl/N-ethyl adjacent to an activating group) is 1. The SMILES string of the molecule is CC(C)C(NC(=O)c1ccc(Cl)cc1Cl)C(=O)NN=Cc1cc([N+](=O)[O-])ccc1N1CCN(C)CC1. The van der Waals surface area contributed by atoms with E-state index in [2.05, 4.69) is 25.6 Å². The van der Waals surface area contributed by atoms with E-state index in [-0.39, 0.29) is 22.2 Å². The summed E-state index contributed by atoms with van der Waals surface area (Å²) in [7, 11) is 2.04. The fourth-order valence-electron chi connectivity index (χ4n) is 3.76. The summed E-state index contributed by atoms with van der Waals surface area (Å²) in [6, 6.07) is 8.14. The predicted octanol–water partition coefficient (Wildman–Crippen LogP) is 3.56. The molecule has 2 N–H and O–H groups in total. The van der Waals surface area contributed by atoms with E-state index >= 15 is 0 Å². The molecule has 2 aromatic carbocycles. The van der Waals surface area contributed by atoms with E-state index in [4.69, 9.17) is 23.2 Å². The van der Waals surface area contributed by atoms with Gasteiger partial charge in [0, 0.05) is 54.6 Å². The summed E-state index contributed by atoms with van der Waals surface area (Å²) in [5.74, 6) is -1.31. The lowest BCUT2D eigenvalue weighted by atomic mass is 10.0. The number of piperazine rings is 1. The van der Waals surface area contributed by atoms with Crippen molar-refractivity contribution in [1.82, 2.24) is 15.6 Å². The zero-order chi connectivity index (χ0) is 26.4. The monoisotopic (exact) mass is 534 g/mol. The molecule has 12 heteroatoms. The zero-order valence-corrected chi connectivity index (χ0v) is 21.7. The largest absolute Gasteiger partial charge is 0.368 e. The highest BCUT2D eigenvalue weighted by atomic mass is 35.5. The van der Waals surface area contributed by atoms with Crippen LogP contribution in [-0.4, -0.2) is 67.1 Å². The first kappa shape index (κ1) is 27.4. The lowest BCUT2D eigenvalue weighted by Gasteiger charge is -2.34. The van der Waals surface area contributed by atoms with Crippen LogP contribution < -0.4 is 15.6 Å². The average molecular weight is 535 g/mol. The summed E-state index contributed by atoms with van der Waals surface area (Å²) in [4.78, 5) is 40.7. The van der Waals surface area contributed by atoms with E-state index in [1.807, 2.05) is 7.05 Å². The number of rotatable bonds is 8. The topological polar surface area (TPSA) is 120 Å². The van der Waals surface area contributed by atoms with Crippen LogP contribution in [0.15, 0.2) is 41.5 Å². The molecule has 3 rings (SSSR count). The van der Waals surface area contributed by atoms with Crippen molar-refractivity contribution in [3.8, 4) is 0 Å². The molecule has 0 saturated carbocycles. The number of carbonyl (C=O) groups excluding carboxylic acids is 2. The van der Waals surface area contributed by atoms with Gasteiger partial charge in [-0.2, -0.15) is 5.10 Å². The fourth-order valence-corrected chi connectivity index (χ4v) is 4.25. The van der Waals surface area contributed by atoms with Gasteiger partial charge in [-0.15, -0.1) is 0 Å². The van der Waals surface area contributed by atoms with Gasteiger partial charge in [-0.25, -0.2) is 5.43 Å². The first-order chi connectivity index (χ1) is 17.1. The molecule has 0 aromatic heterocycles. The number of carbonyl (C=O) groups is 2. The molecule has 1 heterocycles. The molecule has 36 heavy (non-hydrogen) atoms. The second-order valence-corrected chi connectivity index (χ2v) is 9.69. The average Bonchev–Trinajstić information content (AvgIpc) is 2.82. The number of nitrogens with zero attached hydrogens (tertiary/aromatic N) is 4. The van der Waals surface area contributed by atoms with Gasteiger partial charge in [0.25, 0.3) is 17.5 Å². The molecule has 1 saturated heterocycles. The number of nitrogens with one attached hydrogen (secondary N) is 2. The zero-order valence-electron chi connectivity index (χ0n) is 20.2. The number of halogens is 2. The van der Waals surface area contributed by atoms with E-state index in [9.17, 15) is 19.7 Å². The van der Waals surface area contributed by atoms with E-state index in [0.29, 0.717) is 10.6 Å². The van der Waals surface area contributed by atoms with Crippen molar-refractivity contribution in [3.05, 3.63) is 67.7 Å². The molecule has 1 unspecified atom stereocenters. The number of nitro groups is 1. The van der Waals surface area contributed by atoms with Crippen molar-refractivity contribution < 1.29 is 14.5 Å². The van der Waals surface area contributed by atoms with Crippen molar-refractivity contribution in [2.75, 3.05) is 38.1 Å². The molecule has 1 atom stereocenters. The van der Waals surface area contributed by atoms with Crippen LogP contribution in [0.3, 0.4) is 0 Å². The minimum Gasteiger partial charge on any atom is -0.368 e. The Hall–Kier alpha value is -3.21. The van der Waals surface area contributed by atoms with Gasteiger partial charge < -0.3 is 15.1 Å². The van der Waals surface area contributed by atoms with Crippen LogP contribution in [0, 0.1) is 16.0 Å². The molecule has 2 amide bonds. The highest BCUT2D eigenvalue weighted by Gasteiger charge is 2.25. The number of hydrazone groups is 1. The molecular formula is C24H28Cl2N6O4. The van der Waals surface area contributed by atoms with Gasteiger partial charge in [-0.1, -0.05) is 37.0 Å². The van der Waals surface area contributed by atoms with Crippen molar-refractivity contribution in [2.45, 2.75) is 19.9 Å². The molecule has 1 aliphatic heterocycles. The Bertz CT molecular complexity index is 1170. The maximum atomic E-state index is 12.9. The summed E-state index contributed by atoms with van der Waals surface area (Å²) in [6.07, 6.45) is 1.38. The molecule has 0 spiro atoms. The number of hydrogen-bond donors (Lipinski definition) is 2. The molecular weight excluding hydrogens is 507 g/mol. The smallest absolute Gasteiger partial charge is 0.270 e. The first-order valence-corrected chi connectivity index (χ1v) is 12.1.